The second-order valence-corrected chi connectivity index (χ2v) is 1.66. The molecular formula is C5H7N3. The molecule has 0 saturated heterocycles. The average Bonchev–Trinajstić information content (AvgIpc) is 1.69. The van der Waals surface area contributed by atoms with Crippen molar-refractivity contribution in [3.63, 3.8) is 0 Å². The Hall–Kier alpha value is -1.22. The predicted molar refractivity (Wildman–Crippen MR) is 28.2 cm³/mol. The molecule has 0 saturated carbocycles. The summed E-state index contributed by atoms with van der Waals surface area (Å²) in [6.45, 7) is 3.57. The zero-order valence-electron chi connectivity index (χ0n) is 4.92. The Labute approximate surface area is 48.7 Å². The maximum Gasteiger partial charge on any atom is 0.193 e. The van der Waals surface area contributed by atoms with Crippen molar-refractivity contribution < 1.29 is 0 Å². The van der Waals surface area contributed by atoms with E-state index in [1.807, 2.05) is 0 Å². The lowest BCUT2D eigenvalue weighted by molar-refractivity contribution is 0.448. The van der Waals surface area contributed by atoms with E-state index in [4.69, 9.17) is 10.5 Å². The Balaban J connectivity index is 3.81. The minimum Gasteiger partial charge on any atom is -0.213 e. The Morgan fingerprint density at radius 2 is 1.62 bits per heavy atom. The summed E-state index contributed by atoms with van der Waals surface area (Å²) in [5.41, 5.74) is 0. The van der Waals surface area contributed by atoms with Crippen LogP contribution in [0.1, 0.15) is 13.8 Å². The Kier molecular flexibility index (Phi) is 2.43. The predicted octanol–water partition coefficient (Wildman–Crippen LogP) is 0.659. The molecule has 0 bridgehead atoms. The van der Waals surface area contributed by atoms with Crippen LogP contribution in [0.3, 0.4) is 0 Å². The van der Waals surface area contributed by atoms with Crippen molar-refractivity contribution in [1.82, 2.24) is 4.90 Å². The van der Waals surface area contributed by atoms with Crippen LogP contribution in [-0.4, -0.2) is 10.9 Å². The topological polar surface area (TPSA) is 50.8 Å². The fourth-order valence-electron chi connectivity index (χ4n) is 0.253. The van der Waals surface area contributed by atoms with Gasteiger partial charge in [-0.3, -0.25) is 0 Å². The fourth-order valence-corrected chi connectivity index (χ4v) is 0.253. The van der Waals surface area contributed by atoms with Crippen LogP contribution in [0.25, 0.3) is 0 Å². The van der Waals surface area contributed by atoms with Crippen LogP contribution in [0.15, 0.2) is 0 Å². The number of nitrogens with zero attached hydrogens (tertiary/aromatic N) is 3. The monoisotopic (exact) mass is 109 g/mol. The molecule has 0 aromatic heterocycles. The molecule has 8 heavy (non-hydrogen) atoms. The second kappa shape index (κ2) is 2.87. The lowest BCUT2D eigenvalue weighted by atomic mass is 10.4. The molecule has 0 aliphatic heterocycles. The van der Waals surface area contributed by atoms with E-state index in [0.29, 0.717) is 0 Å². The maximum absolute atomic E-state index is 8.15. The van der Waals surface area contributed by atoms with Gasteiger partial charge in [-0.2, -0.15) is 10.5 Å². The summed E-state index contributed by atoms with van der Waals surface area (Å²) in [7, 11) is 0. The molecule has 42 valence electrons. The molecule has 0 rings (SSSR count). The third-order valence-corrected chi connectivity index (χ3v) is 0.732. The van der Waals surface area contributed by atoms with Gasteiger partial charge in [-0.25, -0.2) is 4.90 Å². The van der Waals surface area contributed by atoms with E-state index >= 15 is 0 Å². The summed E-state index contributed by atoms with van der Waals surface area (Å²) in [5.74, 6) is 0. The molecule has 0 aromatic rings. The van der Waals surface area contributed by atoms with Gasteiger partial charge >= 0.3 is 0 Å². The molecule has 0 aliphatic rings. The van der Waals surface area contributed by atoms with Gasteiger partial charge in [-0.1, -0.05) is 0 Å². The van der Waals surface area contributed by atoms with Gasteiger partial charge in [0.05, 0.1) is 0 Å². The van der Waals surface area contributed by atoms with Crippen LogP contribution in [-0.2, 0) is 0 Å². The number of hydrogen-bond acceptors (Lipinski definition) is 3. The van der Waals surface area contributed by atoms with E-state index in [2.05, 4.69) is 0 Å². The van der Waals surface area contributed by atoms with Crippen molar-refractivity contribution in [3.8, 4) is 12.4 Å². The minimum atomic E-state index is -0.00926. The highest BCUT2D eigenvalue weighted by Gasteiger charge is 2.01. The van der Waals surface area contributed by atoms with E-state index in [-0.39, 0.29) is 6.04 Å². The van der Waals surface area contributed by atoms with Crippen molar-refractivity contribution in [1.29, 1.82) is 10.5 Å². The lowest BCUT2D eigenvalue weighted by Gasteiger charge is -2.06. The lowest BCUT2D eigenvalue weighted by Crippen LogP contribution is -2.19. The normalized spacial score (nSPS) is 7.62. The van der Waals surface area contributed by atoms with Gasteiger partial charge in [0.1, 0.15) is 0 Å². The third-order valence-electron chi connectivity index (χ3n) is 0.732. The molecule has 0 amide bonds. The molecule has 0 atom stereocenters. The molecule has 0 radical (unpaired) electrons. The molecular weight excluding hydrogens is 102 g/mol. The molecule has 0 aromatic carbocycles. The van der Waals surface area contributed by atoms with Crippen molar-refractivity contribution in [2.24, 2.45) is 0 Å². The van der Waals surface area contributed by atoms with Gasteiger partial charge in [0.25, 0.3) is 0 Å². The second-order valence-electron chi connectivity index (χ2n) is 1.66. The first-order valence-electron chi connectivity index (χ1n) is 2.31. The van der Waals surface area contributed by atoms with E-state index in [1.54, 1.807) is 26.2 Å². The van der Waals surface area contributed by atoms with Crippen LogP contribution in [0.2, 0.25) is 0 Å². The van der Waals surface area contributed by atoms with E-state index in [0.717, 1.165) is 4.90 Å². The quantitative estimate of drug-likeness (QED) is 0.367. The van der Waals surface area contributed by atoms with Crippen molar-refractivity contribution in [2.45, 2.75) is 19.9 Å². The highest BCUT2D eigenvalue weighted by molar-refractivity contribution is 4.88. The van der Waals surface area contributed by atoms with E-state index in [1.165, 1.54) is 0 Å². The Morgan fingerprint density at radius 3 is 1.62 bits per heavy atom. The van der Waals surface area contributed by atoms with Gasteiger partial charge in [0, 0.05) is 6.04 Å². The molecule has 0 unspecified atom stereocenters. The molecule has 3 nitrogen and oxygen atoms in total. The summed E-state index contributed by atoms with van der Waals surface area (Å²) in [6.07, 6.45) is 3.45. The molecule has 0 heterocycles. The summed E-state index contributed by atoms with van der Waals surface area (Å²) >= 11 is 0. The van der Waals surface area contributed by atoms with Gasteiger partial charge in [-0.15, -0.1) is 0 Å². The molecule has 0 fully saturated rings. The first-order chi connectivity index (χ1) is 3.72. The van der Waals surface area contributed by atoms with Crippen LogP contribution in [0.5, 0.6) is 0 Å². The summed E-state index contributed by atoms with van der Waals surface area (Å²) in [4.78, 5) is 1.03. The Bertz CT molecular complexity index is 123. The zero-order valence-corrected chi connectivity index (χ0v) is 4.92. The highest BCUT2D eigenvalue weighted by Crippen LogP contribution is 1.90. The maximum atomic E-state index is 8.15. The van der Waals surface area contributed by atoms with E-state index < -0.39 is 0 Å². The van der Waals surface area contributed by atoms with Crippen LogP contribution >= 0.6 is 0 Å². The van der Waals surface area contributed by atoms with Gasteiger partial charge in [0.15, 0.2) is 12.4 Å². The number of rotatable bonds is 1. The molecule has 0 aliphatic carbocycles. The van der Waals surface area contributed by atoms with E-state index in [9.17, 15) is 0 Å². The highest BCUT2D eigenvalue weighted by atomic mass is 15.1. The van der Waals surface area contributed by atoms with Gasteiger partial charge in [-0.05, 0) is 13.8 Å². The smallest absolute Gasteiger partial charge is 0.193 e. The first kappa shape index (κ1) is 6.78. The number of nitriles is 2. The summed E-state index contributed by atoms with van der Waals surface area (Å²) in [5, 5.41) is 16.3. The Morgan fingerprint density at radius 1 is 1.25 bits per heavy atom. The summed E-state index contributed by atoms with van der Waals surface area (Å²) < 4.78 is 0. The molecule has 3 heteroatoms. The van der Waals surface area contributed by atoms with Crippen molar-refractivity contribution in [3.05, 3.63) is 0 Å². The fraction of sp³-hybridized carbons (Fsp3) is 0.600. The largest absolute Gasteiger partial charge is 0.213 e. The third kappa shape index (κ3) is 1.49. The number of hydrogen-bond donors (Lipinski definition) is 0. The average molecular weight is 109 g/mol. The van der Waals surface area contributed by atoms with Crippen LogP contribution in [0.4, 0.5) is 0 Å². The summed E-state index contributed by atoms with van der Waals surface area (Å²) in [6, 6.07) is -0.00926. The first-order valence-corrected chi connectivity index (χ1v) is 2.31. The van der Waals surface area contributed by atoms with Crippen molar-refractivity contribution in [2.75, 3.05) is 0 Å². The SMILES string of the molecule is CC(C)N(C#N)C#N. The standard InChI is InChI=1S/C5H7N3/c1-5(2)8(3-6)4-7/h5H,1-2H3. The van der Waals surface area contributed by atoms with Crippen LogP contribution < -0.4 is 0 Å². The molecule has 0 N–H and O–H groups in total. The zero-order chi connectivity index (χ0) is 6.57. The van der Waals surface area contributed by atoms with Gasteiger partial charge < -0.3 is 0 Å². The minimum absolute atomic E-state index is 0.00926. The molecule has 0 spiro atoms. The van der Waals surface area contributed by atoms with Gasteiger partial charge in [0.2, 0.25) is 0 Å². The van der Waals surface area contributed by atoms with Crippen LogP contribution in [0, 0.1) is 22.9 Å². The van der Waals surface area contributed by atoms with Crippen molar-refractivity contribution >= 4 is 0 Å².